The van der Waals surface area contributed by atoms with Gasteiger partial charge >= 0.3 is 0 Å². The van der Waals surface area contributed by atoms with Crippen LogP contribution in [0.15, 0.2) is 35.1 Å². The maximum atomic E-state index is 13.8. The molecular weight excluding hydrogens is 369 g/mol. The van der Waals surface area contributed by atoms with Gasteiger partial charge in [-0.2, -0.15) is 0 Å². The smallest absolute Gasteiger partial charge is 0.258 e. The van der Waals surface area contributed by atoms with Crippen LogP contribution >= 0.6 is 0 Å². The third-order valence-electron chi connectivity index (χ3n) is 6.14. The van der Waals surface area contributed by atoms with Crippen molar-refractivity contribution >= 4 is 5.91 Å². The van der Waals surface area contributed by atoms with Crippen LogP contribution in [0.3, 0.4) is 0 Å². The Hall–Kier alpha value is -2.47. The Labute approximate surface area is 170 Å². The molecule has 2 aromatic rings. The number of halogens is 1. The van der Waals surface area contributed by atoms with Crippen LogP contribution in [0.1, 0.15) is 37.4 Å². The van der Waals surface area contributed by atoms with Gasteiger partial charge in [-0.15, -0.1) is 0 Å². The number of hydrogen-bond acceptors (Lipinski definition) is 3. The molecule has 4 rings (SSSR count). The topological polar surface area (TPSA) is 45.6 Å². The summed E-state index contributed by atoms with van der Waals surface area (Å²) in [5.74, 6) is -0.320. The largest absolute Gasteiger partial charge is 0.338 e. The summed E-state index contributed by atoms with van der Waals surface area (Å²) in [6, 6.07) is 8.05. The van der Waals surface area contributed by atoms with Crippen LogP contribution in [0.5, 0.6) is 0 Å². The number of likely N-dealkylation sites (tertiary alicyclic amines) is 1. The first kappa shape index (κ1) is 19.8. The number of piperidine rings is 1. The van der Waals surface area contributed by atoms with E-state index in [1.807, 2.05) is 10.6 Å². The summed E-state index contributed by atoms with van der Waals surface area (Å²) in [6.45, 7) is 6.34. The third-order valence-corrected chi connectivity index (χ3v) is 6.14. The van der Waals surface area contributed by atoms with Crippen molar-refractivity contribution in [2.75, 3.05) is 26.2 Å². The lowest BCUT2D eigenvalue weighted by atomic mass is 9.99. The Bertz CT molecular complexity index is 963. The highest BCUT2D eigenvalue weighted by molar-refractivity contribution is 5.74. The fourth-order valence-corrected chi connectivity index (χ4v) is 4.51. The van der Waals surface area contributed by atoms with Gasteiger partial charge in [-0.05, 0) is 55.3 Å². The summed E-state index contributed by atoms with van der Waals surface area (Å²) in [5.41, 5.74) is 3.04. The van der Waals surface area contributed by atoms with Crippen molar-refractivity contribution in [3.8, 4) is 11.1 Å². The van der Waals surface area contributed by atoms with E-state index in [1.165, 1.54) is 31.4 Å². The predicted octanol–water partition coefficient (Wildman–Crippen LogP) is 3.04. The maximum Gasteiger partial charge on any atom is 0.258 e. The van der Waals surface area contributed by atoms with Gasteiger partial charge in [-0.1, -0.05) is 18.6 Å². The second-order valence-electron chi connectivity index (χ2n) is 8.09. The molecule has 1 amide bonds. The van der Waals surface area contributed by atoms with E-state index >= 15 is 0 Å². The molecule has 2 aliphatic heterocycles. The van der Waals surface area contributed by atoms with Crippen LogP contribution in [0, 0.1) is 5.82 Å². The number of hydrogen-bond donors (Lipinski definition) is 0. The number of carbonyl (C=O) groups is 1. The van der Waals surface area contributed by atoms with Gasteiger partial charge in [0.25, 0.3) is 5.56 Å². The number of fused-ring (bicyclic) bond motifs is 1. The van der Waals surface area contributed by atoms with Crippen molar-refractivity contribution in [3.63, 3.8) is 0 Å². The summed E-state index contributed by atoms with van der Waals surface area (Å²) in [4.78, 5) is 29.5. The second kappa shape index (κ2) is 8.49. The molecule has 0 N–H and O–H groups in total. The van der Waals surface area contributed by atoms with Gasteiger partial charge in [0.15, 0.2) is 0 Å². The Kier molecular flexibility index (Phi) is 5.81. The van der Waals surface area contributed by atoms with E-state index in [2.05, 4.69) is 4.90 Å². The number of amides is 1. The van der Waals surface area contributed by atoms with E-state index in [0.29, 0.717) is 37.2 Å². The third kappa shape index (κ3) is 4.27. The molecule has 6 heteroatoms. The molecule has 0 unspecified atom stereocenters. The van der Waals surface area contributed by atoms with Gasteiger partial charge in [-0.3, -0.25) is 9.59 Å². The van der Waals surface area contributed by atoms with Gasteiger partial charge in [-0.25, -0.2) is 4.39 Å². The summed E-state index contributed by atoms with van der Waals surface area (Å²) in [7, 11) is 0. The maximum absolute atomic E-state index is 13.8. The lowest BCUT2D eigenvalue weighted by Crippen LogP contribution is -2.40. The van der Waals surface area contributed by atoms with Crippen molar-refractivity contribution in [1.82, 2.24) is 14.4 Å². The van der Waals surface area contributed by atoms with Crippen LogP contribution < -0.4 is 5.56 Å². The summed E-state index contributed by atoms with van der Waals surface area (Å²) in [6.07, 6.45) is 4.38. The lowest BCUT2D eigenvalue weighted by molar-refractivity contribution is -0.129. The molecule has 0 radical (unpaired) electrons. The molecule has 0 saturated carbocycles. The highest BCUT2D eigenvalue weighted by Crippen LogP contribution is 2.24. The van der Waals surface area contributed by atoms with Gasteiger partial charge in [0.1, 0.15) is 5.82 Å². The fraction of sp³-hybridized carbons (Fsp3) is 0.478. The summed E-state index contributed by atoms with van der Waals surface area (Å²) >= 11 is 0. The van der Waals surface area contributed by atoms with Crippen molar-refractivity contribution in [2.45, 2.75) is 45.7 Å². The molecule has 5 nitrogen and oxygen atoms in total. The zero-order valence-electron chi connectivity index (χ0n) is 17.0. The minimum absolute atomic E-state index is 0.0361. The Morgan fingerprint density at radius 2 is 1.86 bits per heavy atom. The number of pyridine rings is 1. The molecule has 1 aromatic heterocycles. The van der Waals surface area contributed by atoms with Crippen LogP contribution in [-0.2, 0) is 24.3 Å². The minimum atomic E-state index is -0.357. The van der Waals surface area contributed by atoms with Gasteiger partial charge in [0, 0.05) is 50.8 Å². The van der Waals surface area contributed by atoms with Gasteiger partial charge in [0.2, 0.25) is 5.91 Å². The molecular formula is C23H28FN3O2. The zero-order valence-corrected chi connectivity index (χ0v) is 17.0. The monoisotopic (exact) mass is 397 g/mol. The van der Waals surface area contributed by atoms with Crippen LogP contribution in [-0.4, -0.2) is 46.5 Å². The summed E-state index contributed by atoms with van der Waals surface area (Å²) in [5, 5.41) is 0. The normalized spacial score (nSPS) is 17.2. The molecule has 2 aliphatic rings. The molecule has 1 aromatic carbocycles. The van der Waals surface area contributed by atoms with Crippen LogP contribution in [0.2, 0.25) is 0 Å². The Balaban J connectivity index is 1.73. The molecule has 1 fully saturated rings. The highest BCUT2D eigenvalue weighted by atomic mass is 19.1. The van der Waals surface area contributed by atoms with Crippen molar-refractivity contribution in [2.24, 2.45) is 0 Å². The summed E-state index contributed by atoms with van der Waals surface area (Å²) < 4.78 is 15.7. The number of benzene rings is 1. The van der Waals surface area contributed by atoms with Crippen LogP contribution in [0.4, 0.5) is 4.39 Å². The fourth-order valence-electron chi connectivity index (χ4n) is 4.51. The minimum Gasteiger partial charge on any atom is -0.338 e. The molecule has 29 heavy (non-hydrogen) atoms. The molecule has 154 valence electrons. The van der Waals surface area contributed by atoms with Crippen molar-refractivity contribution < 1.29 is 9.18 Å². The first-order chi connectivity index (χ1) is 14.0. The Morgan fingerprint density at radius 1 is 1.07 bits per heavy atom. The SMILES string of the molecule is CC(=O)N1CCc2c(cc(-c3cccc(F)c3)c(=O)n2CCN2CCCCC2)C1. The first-order valence-electron chi connectivity index (χ1n) is 10.5. The van der Waals surface area contributed by atoms with Crippen molar-refractivity contribution in [3.05, 3.63) is 57.8 Å². The lowest BCUT2D eigenvalue weighted by Gasteiger charge is -2.32. The highest BCUT2D eigenvalue weighted by Gasteiger charge is 2.24. The quantitative estimate of drug-likeness (QED) is 0.797. The van der Waals surface area contributed by atoms with E-state index < -0.39 is 0 Å². The molecule has 3 heterocycles. The second-order valence-corrected chi connectivity index (χ2v) is 8.09. The van der Waals surface area contributed by atoms with E-state index in [9.17, 15) is 14.0 Å². The number of carbonyl (C=O) groups excluding carboxylic acids is 1. The van der Waals surface area contributed by atoms with E-state index in [-0.39, 0.29) is 17.3 Å². The van der Waals surface area contributed by atoms with Gasteiger partial charge < -0.3 is 14.4 Å². The molecule has 0 atom stereocenters. The number of aromatic nitrogens is 1. The van der Waals surface area contributed by atoms with E-state index in [0.717, 1.165) is 30.9 Å². The van der Waals surface area contributed by atoms with Crippen LogP contribution in [0.25, 0.3) is 11.1 Å². The molecule has 0 aliphatic carbocycles. The number of nitrogens with zero attached hydrogens (tertiary/aromatic N) is 3. The first-order valence-corrected chi connectivity index (χ1v) is 10.5. The molecule has 0 spiro atoms. The average Bonchev–Trinajstić information content (AvgIpc) is 2.73. The molecule has 0 bridgehead atoms. The zero-order chi connectivity index (χ0) is 20.4. The van der Waals surface area contributed by atoms with E-state index in [4.69, 9.17) is 0 Å². The predicted molar refractivity (Wildman–Crippen MR) is 111 cm³/mol. The average molecular weight is 397 g/mol. The van der Waals surface area contributed by atoms with E-state index in [1.54, 1.807) is 24.0 Å². The van der Waals surface area contributed by atoms with Crippen molar-refractivity contribution in [1.29, 1.82) is 0 Å². The number of rotatable bonds is 4. The Morgan fingerprint density at radius 3 is 2.59 bits per heavy atom. The van der Waals surface area contributed by atoms with Gasteiger partial charge in [0.05, 0.1) is 0 Å². The molecule has 1 saturated heterocycles. The standard InChI is InChI=1S/C23H28FN3O2/c1-17(28)26-11-8-22-19(16-26)15-21(18-6-5-7-20(24)14-18)23(29)27(22)13-12-25-9-3-2-4-10-25/h5-7,14-15H,2-4,8-13,16H2,1H3.